The number of benzene rings is 3. The number of amides is 1. The molecular formula is C29H26F3N5O2. The molecule has 1 fully saturated rings. The predicted octanol–water partition coefficient (Wildman–Crippen LogP) is 4.63. The summed E-state index contributed by atoms with van der Waals surface area (Å²) < 4.78 is 39.7. The van der Waals surface area contributed by atoms with Gasteiger partial charge in [0, 0.05) is 44.1 Å². The van der Waals surface area contributed by atoms with Crippen molar-refractivity contribution in [3.05, 3.63) is 83.4 Å². The zero-order valence-electron chi connectivity index (χ0n) is 21.2. The molecule has 1 saturated heterocycles. The Hall–Kier alpha value is -4.38. The third-order valence-corrected chi connectivity index (χ3v) is 6.69. The highest BCUT2D eigenvalue weighted by molar-refractivity contribution is 5.97. The maximum atomic E-state index is 13.2. The number of carbonyl (C=O) groups excluding carboxylic acids is 1. The fraction of sp³-hybridized carbons (Fsp3) is 0.276. The molecule has 1 heterocycles. The lowest BCUT2D eigenvalue weighted by atomic mass is 10.00. The van der Waals surface area contributed by atoms with E-state index in [9.17, 15) is 28.3 Å². The zero-order valence-corrected chi connectivity index (χ0v) is 21.2. The van der Waals surface area contributed by atoms with Crippen molar-refractivity contribution in [2.75, 3.05) is 42.9 Å². The molecule has 39 heavy (non-hydrogen) atoms. The Morgan fingerprint density at radius 1 is 0.949 bits per heavy atom. The molecule has 1 aliphatic heterocycles. The molecule has 3 aromatic rings. The van der Waals surface area contributed by atoms with Crippen LogP contribution in [0.5, 0.6) is 0 Å². The average molecular weight is 534 g/mol. The van der Waals surface area contributed by atoms with E-state index in [-0.39, 0.29) is 12.2 Å². The van der Waals surface area contributed by atoms with Crippen LogP contribution in [-0.2, 0) is 11.0 Å². The molecule has 0 spiro atoms. The van der Waals surface area contributed by atoms with Crippen molar-refractivity contribution in [1.29, 1.82) is 10.5 Å². The van der Waals surface area contributed by atoms with Crippen molar-refractivity contribution >= 4 is 17.3 Å². The van der Waals surface area contributed by atoms with Crippen molar-refractivity contribution in [2.45, 2.75) is 18.7 Å². The average Bonchev–Trinajstić information content (AvgIpc) is 2.93. The quantitative estimate of drug-likeness (QED) is 0.479. The number of nitrogens with one attached hydrogen (secondary N) is 1. The molecule has 0 saturated carbocycles. The summed E-state index contributed by atoms with van der Waals surface area (Å²) in [7, 11) is 0. The van der Waals surface area contributed by atoms with Crippen molar-refractivity contribution in [3.8, 4) is 23.3 Å². The molecule has 10 heteroatoms. The number of carbonyl (C=O) groups is 1. The number of anilines is 2. The Morgan fingerprint density at radius 2 is 1.59 bits per heavy atom. The van der Waals surface area contributed by atoms with Gasteiger partial charge < -0.3 is 15.3 Å². The minimum atomic E-state index is -4.75. The Balaban J connectivity index is 1.35. The lowest BCUT2D eigenvalue weighted by Gasteiger charge is -2.38. The highest BCUT2D eigenvalue weighted by Crippen LogP contribution is 2.34. The Bertz CT molecular complexity index is 1430. The Labute approximate surface area is 224 Å². The highest BCUT2D eigenvalue weighted by Gasteiger charge is 2.36. The molecule has 200 valence electrons. The molecule has 0 aromatic heterocycles. The third kappa shape index (κ3) is 6.37. The van der Waals surface area contributed by atoms with Crippen LogP contribution in [0.1, 0.15) is 23.6 Å². The van der Waals surface area contributed by atoms with Gasteiger partial charge in [0.1, 0.15) is 0 Å². The number of rotatable bonds is 6. The van der Waals surface area contributed by atoms with E-state index in [4.69, 9.17) is 5.26 Å². The minimum absolute atomic E-state index is 0.00103. The van der Waals surface area contributed by atoms with Crippen molar-refractivity contribution in [2.24, 2.45) is 0 Å². The molecule has 0 aliphatic carbocycles. The second kappa shape index (κ2) is 11.2. The Morgan fingerprint density at radius 3 is 2.21 bits per heavy atom. The zero-order chi connectivity index (χ0) is 28.2. The van der Waals surface area contributed by atoms with Crippen LogP contribution in [0, 0.1) is 22.7 Å². The molecular weight excluding hydrogens is 507 g/mol. The number of nitriles is 2. The first-order valence-electron chi connectivity index (χ1n) is 12.2. The van der Waals surface area contributed by atoms with Crippen LogP contribution < -0.4 is 10.2 Å². The summed E-state index contributed by atoms with van der Waals surface area (Å²) in [6.45, 7) is 3.75. The van der Waals surface area contributed by atoms with Crippen LogP contribution in [0.15, 0.2) is 66.7 Å². The van der Waals surface area contributed by atoms with E-state index in [0.29, 0.717) is 37.8 Å². The monoisotopic (exact) mass is 533 g/mol. The molecule has 1 unspecified atom stereocenters. The van der Waals surface area contributed by atoms with E-state index in [2.05, 4.69) is 16.3 Å². The smallest absolute Gasteiger partial charge is 0.379 e. The van der Waals surface area contributed by atoms with Crippen LogP contribution in [0.4, 0.5) is 24.5 Å². The first kappa shape index (κ1) is 27.6. The summed E-state index contributed by atoms with van der Waals surface area (Å²) in [6.07, 6.45) is -4.75. The fourth-order valence-electron chi connectivity index (χ4n) is 4.58. The van der Waals surface area contributed by atoms with Crippen molar-refractivity contribution in [1.82, 2.24) is 4.90 Å². The SMILES string of the molecule is CC(O)(CN1CCN(c2ccc(-c3ccccc3C#N)cc2)CC1)C(=O)Nc1ccc(C#N)c(C(F)(F)F)c1. The van der Waals surface area contributed by atoms with Gasteiger partial charge in [0.25, 0.3) is 5.91 Å². The molecule has 7 nitrogen and oxygen atoms in total. The van der Waals surface area contributed by atoms with Crippen LogP contribution in [-0.4, -0.2) is 54.2 Å². The maximum Gasteiger partial charge on any atom is 0.417 e. The molecule has 2 N–H and O–H groups in total. The lowest BCUT2D eigenvalue weighted by Crippen LogP contribution is -2.54. The number of aliphatic hydroxyl groups is 1. The van der Waals surface area contributed by atoms with Crippen LogP contribution in [0.3, 0.4) is 0 Å². The summed E-state index contributed by atoms with van der Waals surface area (Å²) in [6, 6.07) is 21.9. The number of nitrogens with zero attached hydrogens (tertiary/aromatic N) is 4. The van der Waals surface area contributed by atoms with E-state index < -0.39 is 28.8 Å². The number of hydrogen-bond donors (Lipinski definition) is 2. The van der Waals surface area contributed by atoms with Crippen LogP contribution >= 0.6 is 0 Å². The second-order valence-electron chi connectivity index (χ2n) is 9.57. The van der Waals surface area contributed by atoms with Crippen LogP contribution in [0.25, 0.3) is 11.1 Å². The number of alkyl halides is 3. The number of halogens is 3. The van der Waals surface area contributed by atoms with Gasteiger partial charge in [-0.3, -0.25) is 9.69 Å². The predicted molar refractivity (Wildman–Crippen MR) is 141 cm³/mol. The highest BCUT2D eigenvalue weighted by atomic mass is 19.4. The largest absolute Gasteiger partial charge is 0.417 e. The summed E-state index contributed by atoms with van der Waals surface area (Å²) in [5.74, 6) is -0.837. The van der Waals surface area contributed by atoms with Gasteiger partial charge in [-0.2, -0.15) is 23.7 Å². The first-order valence-corrected chi connectivity index (χ1v) is 12.2. The summed E-state index contributed by atoms with van der Waals surface area (Å²) in [5.41, 5.74) is -0.281. The molecule has 1 atom stereocenters. The number of hydrogen-bond acceptors (Lipinski definition) is 6. The van der Waals surface area contributed by atoms with E-state index >= 15 is 0 Å². The standard InChI is InChI=1S/C29H26F3N5O2/c1-28(39,27(38)35-23-9-6-22(18-34)26(16-23)29(30,31)32)19-36-12-14-37(15-13-36)24-10-7-20(8-11-24)25-5-3-2-4-21(25)17-33/h2-11,16,39H,12-15,19H2,1H3,(H,35,38). The van der Waals surface area contributed by atoms with Gasteiger partial charge in [0.05, 0.1) is 28.8 Å². The van der Waals surface area contributed by atoms with Gasteiger partial charge >= 0.3 is 6.18 Å². The van der Waals surface area contributed by atoms with E-state index in [1.807, 2.05) is 47.4 Å². The lowest BCUT2D eigenvalue weighted by molar-refractivity contribution is -0.138. The van der Waals surface area contributed by atoms with E-state index in [0.717, 1.165) is 22.9 Å². The maximum absolute atomic E-state index is 13.2. The molecule has 1 aliphatic rings. The first-order chi connectivity index (χ1) is 18.5. The number of piperazine rings is 1. The molecule has 4 rings (SSSR count). The van der Waals surface area contributed by atoms with Gasteiger partial charge in [-0.1, -0.05) is 30.3 Å². The van der Waals surface area contributed by atoms with Crippen molar-refractivity contribution < 1.29 is 23.1 Å². The van der Waals surface area contributed by atoms with Gasteiger partial charge in [-0.15, -0.1) is 0 Å². The normalized spacial score (nSPS) is 15.6. The molecule has 1 amide bonds. The van der Waals surface area contributed by atoms with Gasteiger partial charge in [0.2, 0.25) is 0 Å². The topological polar surface area (TPSA) is 103 Å². The van der Waals surface area contributed by atoms with E-state index in [1.54, 1.807) is 6.07 Å². The Kier molecular flexibility index (Phi) is 7.91. The molecule has 3 aromatic carbocycles. The summed E-state index contributed by atoms with van der Waals surface area (Å²) in [5, 5.41) is 31.5. The molecule has 0 bridgehead atoms. The number of β-amino-alcohol motifs (C(OH)–C–C–N with tert-alkyl or cyclic N) is 1. The van der Waals surface area contributed by atoms with Gasteiger partial charge in [-0.05, 0) is 54.4 Å². The third-order valence-electron chi connectivity index (χ3n) is 6.69. The van der Waals surface area contributed by atoms with Gasteiger partial charge in [0.15, 0.2) is 5.60 Å². The van der Waals surface area contributed by atoms with Gasteiger partial charge in [-0.25, -0.2) is 0 Å². The fourth-order valence-corrected chi connectivity index (χ4v) is 4.58. The molecule has 0 radical (unpaired) electrons. The van der Waals surface area contributed by atoms with Crippen molar-refractivity contribution in [3.63, 3.8) is 0 Å². The second-order valence-corrected chi connectivity index (χ2v) is 9.57. The van der Waals surface area contributed by atoms with Crippen LogP contribution in [0.2, 0.25) is 0 Å². The summed E-state index contributed by atoms with van der Waals surface area (Å²) >= 11 is 0. The minimum Gasteiger partial charge on any atom is -0.379 e. The van der Waals surface area contributed by atoms with E-state index in [1.165, 1.54) is 19.1 Å². The summed E-state index contributed by atoms with van der Waals surface area (Å²) in [4.78, 5) is 16.8.